The molecule has 7 heteroatoms. The molecule has 0 spiro atoms. The van der Waals surface area contributed by atoms with Crippen LogP contribution >= 0.6 is 0 Å². The monoisotopic (exact) mass is 442 g/mol. The fraction of sp³-hybridized carbons (Fsp3) is 0.192. The minimum atomic E-state index is -0.393. The second-order valence-corrected chi connectivity index (χ2v) is 7.96. The lowest BCUT2D eigenvalue weighted by atomic mass is 10.1. The number of hydrogen-bond acceptors (Lipinski definition) is 5. The summed E-state index contributed by atoms with van der Waals surface area (Å²) in [7, 11) is 0. The quantitative estimate of drug-likeness (QED) is 0.451. The van der Waals surface area contributed by atoms with Crippen LogP contribution < -0.4 is 10.2 Å². The molecule has 1 aliphatic heterocycles. The highest BCUT2D eigenvalue weighted by molar-refractivity contribution is 6.00. The van der Waals surface area contributed by atoms with E-state index in [4.69, 9.17) is 4.42 Å². The number of halogens is 1. The van der Waals surface area contributed by atoms with Gasteiger partial charge in [0.1, 0.15) is 11.6 Å². The first-order chi connectivity index (χ1) is 16.2. The highest BCUT2D eigenvalue weighted by atomic mass is 19.1. The molecule has 1 fully saturated rings. The lowest BCUT2D eigenvalue weighted by molar-refractivity contribution is 0.0951. The van der Waals surface area contributed by atoms with Crippen molar-refractivity contribution in [3.63, 3.8) is 0 Å². The summed E-state index contributed by atoms with van der Waals surface area (Å²) in [5.74, 6) is 0.899. The minimum Gasteiger partial charge on any atom is -0.436 e. The molecule has 0 saturated carbocycles. The number of nitrogens with one attached hydrogen (secondary N) is 1. The van der Waals surface area contributed by atoms with Crippen molar-refractivity contribution in [3.05, 3.63) is 90.0 Å². The summed E-state index contributed by atoms with van der Waals surface area (Å²) >= 11 is 0. The molecule has 33 heavy (non-hydrogen) atoms. The van der Waals surface area contributed by atoms with Crippen LogP contribution in [0.25, 0.3) is 22.8 Å². The molecule has 0 radical (unpaired) electrons. The summed E-state index contributed by atoms with van der Waals surface area (Å²) in [5.41, 5.74) is 2.21. The summed E-state index contributed by atoms with van der Waals surface area (Å²) in [5, 5.41) is 2.94. The third kappa shape index (κ3) is 4.48. The van der Waals surface area contributed by atoms with Crippen LogP contribution in [0.2, 0.25) is 0 Å². The average molecular weight is 442 g/mol. The third-order valence-electron chi connectivity index (χ3n) is 5.74. The largest absolute Gasteiger partial charge is 0.436 e. The van der Waals surface area contributed by atoms with Gasteiger partial charge in [-0.1, -0.05) is 30.3 Å². The van der Waals surface area contributed by atoms with Crippen molar-refractivity contribution in [2.75, 3.05) is 18.0 Å². The first-order valence-corrected chi connectivity index (χ1v) is 11.0. The van der Waals surface area contributed by atoms with Gasteiger partial charge in [0.05, 0.1) is 17.3 Å². The van der Waals surface area contributed by atoms with Crippen molar-refractivity contribution in [3.8, 4) is 22.8 Å². The van der Waals surface area contributed by atoms with Gasteiger partial charge in [0.25, 0.3) is 5.91 Å². The van der Waals surface area contributed by atoms with Crippen molar-refractivity contribution in [2.45, 2.75) is 19.4 Å². The molecule has 1 aliphatic rings. The van der Waals surface area contributed by atoms with E-state index in [1.807, 2.05) is 12.1 Å². The fourth-order valence-corrected chi connectivity index (χ4v) is 3.98. The lowest BCUT2D eigenvalue weighted by Crippen LogP contribution is -2.24. The normalized spacial score (nSPS) is 13.3. The zero-order chi connectivity index (χ0) is 22.6. The van der Waals surface area contributed by atoms with E-state index in [0.717, 1.165) is 24.5 Å². The third-order valence-corrected chi connectivity index (χ3v) is 5.74. The summed E-state index contributed by atoms with van der Waals surface area (Å²) in [4.78, 5) is 24.0. The maximum Gasteiger partial charge on any atom is 0.252 e. The fourth-order valence-electron chi connectivity index (χ4n) is 3.98. The van der Waals surface area contributed by atoms with Crippen molar-refractivity contribution < 1.29 is 13.6 Å². The van der Waals surface area contributed by atoms with Crippen molar-refractivity contribution in [2.24, 2.45) is 0 Å². The number of aromatic nitrogens is 2. The number of hydrogen-bond donors (Lipinski definition) is 1. The smallest absolute Gasteiger partial charge is 0.252 e. The van der Waals surface area contributed by atoms with Crippen LogP contribution in [0.5, 0.6) is 0 Å². The van der Waals surface area contributed by atoms with Gasteiger partial charge in [-0.3, -0.25) is 4.79 Å². The van der Waals surface area contributed by atoms with Gasteiger partial charge < -0.3 is 14.6 Å². The van der Waals surface area contributed by atoms with E-state index < -0.39 is 5.82 Å². The molecule has 2 aromatic heterocycles. The molecule has 0 bridgehead atoms. The van der Waals surface area contributed by atoms with E-state index >= 15 is 0 Å². The number of benzene rings is 2. The van der Waals surface area contributed by atoms with E-state index in [2.05, 4.69) is 20.2 Å². The van der Waals surface area contributed by atoms with E-state index in [-0.39, 0.29) is 11.8 Å². The average Bonchev–Trinajstić information content (AvgIpc) is 3.56. The number of carbonyl (C=O) groups is 1. The SMILES string of the molecule is O=C(NCc1ccc(N2CCCC2)nc1)c1ccccc1-c1ncc(-c2ccccc2F)o1. The van der Waals surface area contributed by atoms with Crippen LogP contribution in [0, 0.1) is 5.82 Å². The maximum atomic E-state index is 14.1. The van der Waals surface area contributed by atoms with E-state index in [9.17, 15) is 9.18 Å². The molecular weight excluding hydrogens is 419 g/mol. The highest BCUT2D eigenvalue weighted by Crippen LogP contribution is 2.29. The van der Waals surface area contributed by atoms with Crippen molar-refractivity contribution >= 4 is 11.7 Å². The zero-order valence-electron chi connectivity index (χ0n) is 18.0. The van der Waals surface area contributed by atoms with Crippen LogP contribution in [0.4, 0.5) is 10.2 Å². The Bertz CT molecular complexity index is 1260. The summed E-state index contributed by atoms with van der Waals surface area (Å²) in [6.07, 6.45) is 5.67. The van der Waals surface area contributed by atoms with Crippen molar-refractivity contribution in [1.29, 1.82) is 0 Å². The Morgan fingerprint density at radius 1 is 0.939 bits per heavy atom. The Kier molecular flexibility index (Phi) is 5.85. The van der Waals surface area contributed by atoms with Gasteiger partial charge in [-0.25, -0.2) is 14.4 Å². The Morgan fingerprint density at radius 3 is 2.45 bits per heavy atom. The van der Waals surface area contributed by atoms with Gasteiger partial charge >= 0.3 is 0 Å². The maximum absolute atomic E-state index is 14.1. The Labute approximate surface area is 191 Å². The Balaban J connectivity index is 1.31. The van der Waals surface area contributed by atoms with Crippen LogP contribution in [0.1, 0.15) is 28.8 Å². The number of pyridine rings is 1. The van der Waals surface area contributed by atoms with E-state index in [1.165, 1.54) is 25.1 Å². The molecule has 0 unspecified atom stereocenters. The predicted octanol–water partition coefficient (Wildman–Crippen LogP) is 5.07. The number of anilines is 1. The standard InChI is InChI=1S/C26H23FN4O2/c27-22-10-4-3-9-21(22)23-17-30-26(33-23)20-8-2-1-7-19(20)25(32)29-16-18-11-12-24(28-15-18)31-13-5-6-14-31/h1-4,7-12,15,17H,5-6,13-14,16H2,(H,29,32). The summed E-state index contributed by atoms with van der Waals surface area (Å²) in [6, 6.07) is 17.4. The van der Waals surface area contributed by atoms with Gasteiger partial charge in [0.15, 0.2) is 5.76 Å². The minimum absolute atomic E-state index is 0.250. The van der Waals surface area contributed by atoms with Crippen molar-refractivity contribution in [1.82, 2.24) is 15.3 Å². The molecule has 3 heterocycles. The molecule has 1 amide bonds. The number of rotatable bonds is 6. The number of nitrogens with zero attached hydrogens (tertiary/aromatic N) is 3. The van der Waals surface area contributed by atoms with Gasteiger partial charge in [-0.2, -0.15) is 0 Å². The second kappa shape index (κ2) is 9.24. The molecule has 6 nitrogen and oxygen atoms in total. The Hall–Kier alpha value is -4.00. The first kappa shape index (κ1) is 20.9. The second-order valence-electron chi connectivity index (χ2n) is 7.96. The molecule has 2 aromatic carbocycles. The summed E-state index contributed by atoms with van der Waals surface area (Å²) < 4.78 is 19.9. The lowest BCUT2D eigenvalue weighted by Gasteiger charge is -2.16. The Morgan fingerprint density at radius 2 is 1.70 bits per heavy atom. The van der Waals surface area contributed by atoms with Gasteiger partial charge in [-0.15, -0.1) is 0 Å². The topological polar surface area (TPSA) is 71.3 Å². The molecule has 5 rings (SSSR count). The number of oxazole rings is 1. The van der Waals surface area contributed by atoms with E-state index in [1.54, 1.807) is 48.7 Å². The molecule has 1 saturated heterocycles. The van der Waals surface area contributed by atoms with Gasteiger partial charge in [0.2, 0.25) is 5.89 Å². The predicted molar refractivity (Wildman–Crippen MR) is 124 cm³/mol. The highest BCUT2D eigenvalue weighted by Gasteiger charge is 2.18. The molecule has 166 valence electrons. The molecular formula is C26H23FN4O2. The van der Waals surface area contributed by atoms with Crippen LogP contribution in [-0.4, -0.2) is 29.0 Å². The molecule has 0 aliphatic carbocycles. The van der Waals surface area contributed by atoms with E-state index in [0.29, 0.717) is 29.0 Å². The van der Waals surface area contributed by atoms with Crippen LogP contribution in [0.15, 0.2) is 77.5 Å². The zero-order valence-corrected chi connectivity index (χ0v) is 18.0. The van der Waals surface area contributed by atoms with Crippen LogP contribution in [0.3, 0.4) is 0 Å². The van der Waals surface area contributed by atoms with Gasteiger partial charge in [-0.05, 0) is 48.7 Å². The van der Waals surface area contributed by atoms with Gasteiger partial charge in [0, 0.05) is 31.4 Å². The number of amides is 1. The first-order valence-electron chi connectivity index (χ1n) is 11.0. The molecule has 1 N–H and O–H groups in total. The molecule has 0 atom stereocenters. The van der Waals surface area contributed by atoms with Crippen LogP contribution in [-0.2, 0) is 6.54 Å². The molecule has 4 aromatic rings. The summed E-state index contributed by atoms with van der Waals surface area (Å²) in [6.45, 7) is 2.44. The number of carbonyl (C=O) groups excluding carboxylic acids is 1.